The van der Waals surface area contributed by atoms with Crippen molar-refractivity contribution in [2.45, 2.75) is 89.8 Å². The molecular formula is C22H35ClN4O2S. The molecule has 0 radical (unpaired) electrons. The van der Waals surface area contributed by atoms with Gasteiger partial charge in [0.2, 0.25) is 0 Å². The molecular weight excluding hydrogens is 420 g/mol. The zero-order chi connectivity index (χ0) is 21.9. The van der Waals surface area contributed by atoms with Gasteiger partial charge in [0.15, 0.2) is 16.3 Å². The Bertz CT molecular complexity index is 941. The number of allylic oxidation sites excluding steroid dienone is 1. The second kappa shape index (κ2) is 13.1. The van der Waals surface area contributed by atoms with Gasteiger partial charge in [0.25, 0.3) is 5.56 Å². The lowest BCUT2D eigenvalue weighted by Crippen LogP contribution is -2.29. The summed E-state index contributed by atoms with van der Waals surface area (Å²) in [4.78, 5) is 31.4. The van der Waals surface area contributed by atoms with Gasteiger partial charge in [-0.2, -0.15) is 0 Å². The predicted molar refractivity (Wildman–Crippen MR) is 128 cm³/mol. The lowest BCUT2D eigenvalue weighted by molar-refractivity contribution is 0.527. The molecule has 168 valence electrons. The standard InChI is InChI=1S/C22H35ClN4O2S/c1-4-5-6-7-8-9-10-11-12-13-15-27-18-19(26(3)21(29)25-20(18)28)24-22(27)30-16-14-17(2)23/h14H,4-13,15-16H2,1-3H3,(H,25,28,29)/b17-14+. The van der Waals surface area contributed by atoms with Crippen LogP contribution in [0, 0.1) is 0 Å². The van der Waals surface area contributed by atoms with E-state index in [-0.39, 0.29) is 5.56 Å². The van der Waals surface area contributed by atoms with E-state index in [9.17, 15) is 9.59 Å². The topological polar surface area (TPSA) is 72.7 Å². The quantitative estimate of drug-likeness (QED) is 0.298. The largest absolute Gasteiger partial charge is 0.329 e. The molecule has 30 heavy (non-hydrogen) atoms. The van der Waals surface area contributed by atoms with Crippen molar-refractivity contribution < 1.29 is 0 Å². The first-order chi connectivity index (χ1) is 14.5. The number of aromatic amines is 1. The Balaban J connectivity index is 1.98. The molecule has 0 spiro atoms. The number of aryl methyl sites for hydroxylation is 2. The minimum Gasteiger partial charge on any atom is -0.313 e. The van der Waals surface area contributed by atoms with E-state index >= 15 is 0 Å². The van der Waals surface area contributed by atoms with E-state index < -0.39 is 5.69 Å². The first-order valence-electron chi connectivity index (χ1n) is 11.1. The van der Waals surface area contributed by atoms with Crippen molar-refractivity contribution in [3.05, 3.63) is 31.9 Å². The van der Waals surface area contributed by atoms with Crippen molar-refractivity contribution in [1.29, 1.82) is 0 Å². The number of rotatable bonds is 14. The Labute approximate surface area is 188 Å². The van der Waals surface area contributed by atoms with Crippen LogP contribution in [0.3, 0.4) is 0 Å². The van der Waals surface area contributed by atoms with Gasteiger partial charge in [0.05, 0.1) is 0 Å². The Morgan fingerprint density at radius 1 is 1.07 bits per heavy atom. The number of imidazole rings is 1. The zero-order valence-corrected chi connectivity index (χ0v) is 20.1. The molecule has 0 aromatic carbocycles. The Morgan fingerprint density at radius 3 is 2.27 bits per heavy atom. The molecule has 0 fully saturated rings. The second-order valence-electron chi connectivity index (χ2n) is 7.82. The number of nitrogens with one attached hydrogen (secondary N) is 1. The van der Waals surface area contributed by atoms with Crippen molar-refractivity contribution in [1.82, 2.24) is 19.1 Å². The van der Waals surface area contributed by atoms with Crippen molar-refractivity contribution in [3.8, 4) is 0 Å². The average Bonchev–Trinajstić information content (AvgIpc) is 3.06. The van der Waals surface area contributed by atoms with E-state index in [0.29, 0.717) is 16.9 Å². The zero-order valence-electron chi connectivity index (χ0n) is 18.5. The van der Waals surface area contributed by atoms with Crippen molar-refractivity contribution in [2.75, 3.05) is 5.75 Å². The monoisotopic (exact) mass is 454 g/mol. The number of aromatic nitrogens is 4. The van der Waals surface area contributed by atoms with Crippen LogP contribution < -0.4 is 11.2 Å². The van der Waals surface area contributed by atoms with Crippen LogP contribution in [-0.2, 0) is 13.6 Å². The summed E-state index contributed by atoms with van der Waals surface area (Å²) in [5, 5.41) is 1.48. The Kier molecular flexibility index (Phi) is 10.8. The first-order valence-corrected chi connectivity index (χ1v) is 12.5. The molecule has 6 nitrogen and oxygen atoms in total. The number of fused-ring (bicyclic) bond motifs is 1. The molecule has 2 rings (SSSR count). The maximum Gasteiger partial charge on any atom is 0.329 e. The number of hydrogen-bond donors (Lipinski definition) is 1. The lowest BCUT2D eigenvalue weighted by Gasteiger charge is -2.08. The molecule has 0 aliphatic heterocycles. The number of nitrogens with zero attached hydrogens (tertiary/aromatic N) is 3. The van der Waals surface area contributed by atoms with Gasteiger partial charge in [0, 0.05) is 24.4 Å². The highest BCUT2D eigenvalue weighted by atomic mass is 35.5. The predicted octanol–water partition coefficient (Wildman–Crippen LogP) is 5.58. The third-order valence-corrected chi connectivity index (χ3v) is 6.34. The SMILES string of the molecule is CCCCCCCCCCCCn1c(SC/C=C(\C)Cl)nc2c1c(=O)[nH]c(=O)n2C. The average molecular weight is 455 g/mol. The third-order valence-electron chi connectivity index (χ3n) is 5.28. The summed E-state index contributed by atoms with van der Waals surface area (Å²) in [6, 6.07) is 0. The number of H-pyrrole nitrogens is 1. The van der Waals surface area contributed by atoms with Gasteiger partial charge in [-0.3, -0.25) is 14.3 Å². The van der Waals surface area contributed by atoms with E-state index in [0.717, 1.165) is 29.6 Å². The molecule has 0 saturated carbocycles. The number of hydrogen-bond acceptors (Lipinski definition) is 4. The van der Waals surface area contributed by atoms with Crippen LogP contribution in [0.25, 0.3) is 11.2 Å². The van der Waals surface area contributed by atoms with Gasteiger partial charge < -0.3 is 4.57 Å². The van der Waals surface area contributed by atoms with Crippen LogP contribution in [0.4, 0.5) is 0 Å². The fourth-order valence-electron chi connectivity index (χ4n) is 3.52. The summed E-state index contributed by atoms with van der Waals surface area (Å²) in [6.07, 6.45) is 14.5. The molecule has 2 aromatic heterocycles. The van der Waals surface area contributed by atoms with E-state index in [1.54, 1.807) is 7.05 Å². The molecule has 2 aromatic rings. The smallest absolute Gasteiger partial charge is 0.313 e. The maximum atomic E-state index is 12.5. The van der Waals surface area contributed by atoms with Gasteiger partial charge in [-0.15, -0.1) is 0 Å². The van der Waals surface area contributed by atoms with Crippen LogP contribution in [-0.4, -0.2) is 24.9 Å². The Hall–Kier alpha value is -1.47. The normalized spacial score (nSPS) is 12.2. The molecule has 0 aliphatic rings. The fraction of sp³-hybridized carbons (Fsp3) is 0.682. The summed E-state index contributed by atoms with van der Waals surface area (Å²) in [5.41, 5.74) is 0.0970. The summed E-state index contributed by atoms with van der Waals surface area (Å²) < 4.78 is 3.36. The van der Waals surface area contributed by atoms with Crippen LogP contribution in [0.5, 0.6) is 0 Å². The Morgan fingerprint density at radius 2 is 1.67 bits per heavy atom. The van der Waals surface area contributed by atoms with Crippen LogP contribution in [0.15, 0.2) is 25.9 Å². The highest BCUT2D eigenvalue weighted by Gasteiger charge is 2.17. The second-order valence-corrected chi connectivity index (χ2v) is 9.40. The maximum absolute atomic E-state index is 12.5. The highest BCUT2D eigenvalue weighted by molar-refractivity contribution is 7.99. The number of thioether (sulfide) groups is 1. The lowest BCUT2D eigenvalue weighted by atomic mass is 10.1. The van der Waals surface area contributed by atoms with Gasteiger partial charge >= 0.3 is 5.69 Å². The number of unbranched alkanes of at least 4 members (excludes halogenated alkanes) is 9. The van der Waals surface area contributed by atoms with E-state index in [2.05, 4.69) is 16.9 Å². The van der Waals surface area contributed by atoms with E-state index in [1.165, 1.54) is 67.7 Å². The first kappa shape index (κ1) is 24.8. The van der Waals surface area contributed by atoms with Gasteiger partial charge in [0.1, 0.15) is 0 Å². The van der Waals surface area contributed by atoms with Crippen LogP contribution in [0.2, 0.25) is 0 Å². The van der Waals surface area contributed by atoms with Crippen LogP contribution >= 0.6 is 23.4 Å². The molecule has 0 aliphatic carbocycles. The summed E-state index contributed by atoms with van der Waals surface area (Å²) >= 11 is 7.46. The molecule has 0 amide bonds. The third kappa shape index (κ3) is 7.34. The minimum absolute atomic E-state index is 0.372. The molecule has 0 unspecified atom stereocenters. The fourth-order valence-corrected chi connectivity index (χ4v) is 4.66. The van der Waals surface area contributed by atoms with Gasteiger partial charge in [-0.1, -0.05) is 94.1 Å². The highest BCUT2D eigenvalue weighted by Crippen LogP contribution is 2.23. The van der Waals surface area contributed by atoms with E-state index in [1.807, 2.05) is 17.6 Å². The molecule has 8 heteroatoms. The molecule has 0 bridgehead atoms. The summed E-state index contributed by atoms with van der Waals surface area (Å²) in [5.74, 6) is 0.669. The van der Waals surface area contributed by atoms with E-state index in [4.69, 9.17) is 11.6 Å². The van der Waals surface area contributed by atoms with Crippen molar-refractivity contribution >= 4 is 34.5 Å². The molecule has 1 N–H and O–H groups in total. The molecule has 2 heterocycles. The van der Waals surface area contributed by atoms with Gasteiger partial charge in [-0.25, -0.2) is 9.78 Å². The van der Waals surface area contributed by atoms with Crippen molar-refractivity contribution in [2.24, 2.45) is 7.05 Å². The molecule has 0 atom stereocenters. The summed E-state index contributed by atoms with van der Waals surface area (Å²) in [7, 11) is 1.63. The molecule has 0 saturated heterocycles. The van der Waals surface area contributed by atoms with Crippen molar-refractivity contribution in [3.63, 3.8) is 0 Å². The van der Waals surface area contributed by atoms with Crippen LogP contribution in [0.1, 0.15) is 78.1 Å². The number of halogens is 1. The minimum atomic E-state index is -0.441. The summed E-state index contributed by atoms with van der Waals surface area (Å²) in [6.45, 7) is 4.81. The van der Waals surface area contributed by atoms with Gasteiger partial charge in [-0.05, 0) is 13.3 Å².